The molecular weight excluding hydrogens is 230 g/mol. The third kappa shape index (κ3) is 3.09. The largest absolute Gasteiger partial charge is 0.468 e. The quantitative estimate of drug-likeness (QED) is 0.817. The molecule has 0 spiro atoms. The minimum absolute atomic E-state index is 0.260. The molecule has 1 heterocycles. The molecule has 1 saturated heterocycles. The van der Waals surface area contributed by atoms with Crippen molar-refractivity contribution in [1.82, 2.24) is 4.90 Å². The lowest BCUT2D eigenvalue weighted by atomic mass is 9.98. The molecule has 0 radical (unpaired) electrons. The number of piperidine rings is 1. The van der Waals surface area contributed by atoms with Crippen LogP contribution < -0.4 is 0 Å². The summed E-state index contributed by atoms with van der Waals surface area (Å²) in [7, 11) is 1.39. The van der Waals surface area contributed by atoms with Crippen LogP contribution in [0.15, 0.2) is 30.3 Å². The van der Waals surface area contributed by atoms with Crippen LogP contribution in [0.4, 0.5) is 0 Å². The first-order chi connectivity index (χ1) is 8.70. The maximum Gasteiger partial charge on any atom is 0.323 e. The number of esters is 1. The van der Waals surface area contributed by atoms with Crippen LogP contribution in [-0.2, 0) is 16.1 Å². The zero-order valence-electron chi connectivity index (χ0n) is 10.6. The smallest absolute Gasteiger partial charge is 0.323 e. The summed E-state index contributed by atoms with van der Waals surface area (Å²) in [4.78, 5) is 13.8. The van der Waals surface area contributed by atoms with Gasteiger partial charge in [-0.2, -0.15) is 0 Å². The normalized spacial score (nSPS) is 24.8. The summed E-state index contributed by atoms with van der Waals surface area (Å²) in [5, 5.41) is 9.67. The number of benzene rings is 1. The van der Waals surface area contributed by atoms with Gasteiger partial charge in [-0.3, -0.25) is 9.69 Å². The molecule has 0 unspecified atom stereocenters. The van der Waals surface area contributed by atoms with Gasteiger partial charge in [0.25, 0.3) is 0 Å². The first kappa shape index (κ1) is 13.1. The van der Waals surface area contributed by atoms with E-state index in [0.717, 1.165) is 6.54 Å². The predicted octanol–water partition coefficient (Wildman–Crippen LogP) is 1.18. The fourth-order valence-electron chi connectivity index (χ4n) is 2.38. The van der Waals surface area contributed by atoms with E-state index in [2.05, 4.69) is 4.90 Å². The van der Waals surface area contributed by atoms with E-state index in [1.54, 1.807) is 0 Å². The Morgan fingerprint density at radius 1 is 1.44 bits per heavy atom. The van der Waals surface area contributed by atoms with Gasteiger partial charge in [0, 0.05) is 13.1 Å². The SMILES string of the molecule is COC(=O)[C@H]1C[C@H](O)CCN1Cc1ccccc1. The number of carbonyl (C=O) groups is 1. The molecule has 1 aromatic rings. The number of aliphatic hydroxyl groups excluding tert-OH is 1. The lowest BCUT2D eigenvalue weighted by molar-refractivity contribution is -0.150. The Morgan fingerprint density at radius 2 is 2.17 bits per heavy atom. The summed E-state index contributed by atoms with van der Waals surface area (Å²) >= 11 is 0. The summed E-state index contributed by atoms with van der Waals surface area (Å²) < 4.78 is 4.81. The number of nitrogens with zero attached hydrogens (tertiary/aromatic N) is 1. The van der Waals surface area contributed by atoms with Crippen molar-refractivity contribution < 1.29 is 14.6 Å². The summed E-state index contributed by atoms with van der Waals surface area (Å²) in [5.41, 5.74) is 1.17. The van der Waals surface area contributed by atoms with E-state index in [0.29, 0.717) is 19.4 Å². The highest BCUT2D eigenvalue weighted by Crippen LogP contribution is 2.21. The Bertz CT molecular complexity index is 393. The molecule has 4 heteroatoms. The molecule has 0 amide bonds. The van der Waals surface area contributed by atoms with Gasteiger partial charge in [0.1, 0.15) is 6.04 Å². The first-order valence-corrected chi connectivity index (χ1v) is 6.24. The molecule has 1 aromatic carbocycles. The number of hydrogen-bond acceptors (Lipinski definition) is 4. The van der Waals surface area contributed by atoms with Crippen LogP contribution >= 0.6 is 0 Å². The predicted molar refractivity (Wildman–Crippen MR) is 67.9 cm³/mol. The first-order valence-electron chi connectivity index (χ1n) is 6.24. The van der Waals surface area contributed by atoms with Crippen LogP contribution in [-0.4, -0.2) is 41.8 Å². The minimum atomic E-state index is -0.402. The van der Waals surface area contributed by atoms with Gasteiger partial charge in [0.05, 0.1) is 13.2 Å². The van der Waals surface area contributed by atoms with E-state index >= 15 is 0 Å². The molecule has 1 N–H and O–H groups in total. The Hall–Kier alpha value is -1.39. The van der Waals surface area contributed by atoms with Gasteiger partial charge in [-0.15, -0.1) is 0 Å². The third-order valence-corrected chi connectivity index (χ3v) is 3.39. The number of likely N-dealkylation sites (tertiary alicyclic amines) is 1. The maximum atomic E-state index is 11.7. The zero-order valence-corrected chi connectivity index (χ0v) is 10.6. The van der Waals surface area contributed by atoms with Crippen LogP contribution in [0.3, 0.4) is 0 Å². The molecule has 4 nitrogen and oxygen atoms in total. The van der Waals surface area contributed by atoms with Crippen molar-refractivity contribution in [3.63, 3.8) is 0 Å². The lowest BCUT2D eigenvalue weighted by Crippen LogP contribution is -2.48. The maximum absolute atomic E-state index is 11.7. The molecule has 1 aliphatic rings. The second-order valence-corrected chi connectivity index (χ2v) is 4.67. The highest BCUT2D eigenvalue weighted by atomic mass is 16.5. The average molecular weight is 249 g/mol. The molecule has 18 heavy (non-hydrogen) atoms. The number of methoxy groups -OCH3 is 1. The van der Waals surface area contributed by atoms with Gasteiger partial charge >= 0.3 is 5.97 Å². The molecule has 98 valence electrons. The number of ether oxygens (including phenoxy) is 1. The lowest BCUT2D eigenvalue weighted by Gasteiger charge is -2.36. The highest BCUT2D eigenvalue weighted by molar-refractivity contribution is 5.75. The number of carbonyl (C=O) groups excluding carboxylic acids is 1. The van der Waals surface area contributed by atoms with E-state index in [-0.39, 0.29) is 12.0 Å². The molecule has 0 saturated carbocycles. The van der Waals surface area contributed by atoms with E-state index < -0.39 is 6.10 Å². The van der Waals surface area contributed by atoms with Crippen molar-refractivity contribution >= 4 is 5.97 Å². The third-order valence-electron chi connectivity index (χ3n) is 3.39. The van der Waals surface area contributed by atoms with Gasteiger partial charge in [-0.05, 0) is 18.4 Å². The number of hydrogen-bond donors (Lipinski definition) is 1. The average Bonchev–Trinajstić information content (AvgIpc) is 2.41. The molecule has 2 rings (SSSR count). The van der Waals surface area contributed by atoms with E-state index in [9.17, 15) is 9.90 Å². The Balaban J connectivity index is 2.07. The van der Waals surface area contributed by atoms with Crippen molar-refractivity contribution in [2.24, 2.45) is 0 Å². The molecular formula is C14H19NO3. The topological polar surface area (TPSA) is 49.8 Å². The van der Waals surface area contributed by atoms with Gasteiger partial charge in [-0.1, -0.05) is 30.3 Å². The Morgan fingerprint density at radius 3 is 2.83 bits per heavy atom. The molecule has 1 aliphatic heterocycles. The zero-order chi connectivity index (χ0) is 13.0. The summed E-state index contributed by atoms with van der Waals surface area (Å²) in [6.07, 6.45) is 0.765. The van der Waals surface area contributed by atoms with Crippen LogP contribution in [0, 0.1) is 0 Å². The van der Waals surface area contributed by atoms with Crippen LogP contribution in [0.5, 0.6) is 0 Å². The standard InChI is InChI=1S/C14H19NO3/c1-18-14(17)13-9-12(16)7-8-15(13)10-11-5-3-2-4-6-11/h2-6,12-13,16H,7-10H2,1H3/t12-,13-/m1/s1. The fraction of sp³-hybridized carbons (Fsp3) is 0.500. The Kier molecular flexibility index (Phi) is 4.33. The summed E-state index contributed by atoms with van der Waals surface area (Å²) in [6.45, 7) is 1.43. The fourth-order valence-corrected chi connectivity index (χ4v) is 2.38. The summed E-state index contributed by atoms with van der Waals surface area (Å²) in [5.74, 6) is -0.260. The number of aliphatic hydroxyl groups is 1. The van der Waals surface area contributed by atoms with E-state index in [1.807, 2.05) is 30.3 Å². The summed E-state index contributed by atoms with van der Waals surface area (Å²) in [6, 6.07) is 9.70. The molecule has 0 aromatic heterocycles. The van der Waals surface area contributed by atoms with Gasteiger partial charge in [0.2, 0.25) is 0 Å². The van der Waals surface area contributed by atoms with Crippen molar-refractivity contribution in [3.05, 3.63) is 35.9 Å². The Labute approximate surface area is 107 Å². The van der Waals surface area contributed by atoms with Crippen molar-refractivity contribution in [2.75, 3.05) is 13.7 Å². The second-order valence-electron chi connectivity index (χ2n) is 4.67. The monoisotopic (exact) mass is 249 g/mol. The van der Waals surface area contributed by atoms with Gasteiger partial charge in [0.15, 0.2) is 0 Å². The highest BCUT2D eigenvalue weighted by Gasteiger charge is 2.33. The van der Waals surface area contributed by atoms with E-state index in [4.69, 9.17) is 4.74 Å². The molecule has 0 bridgehead atoms. The van der Waals surface area contributed by atoms with Crippen LogP contribution in [0.1, 0.15) is 18.4 Å². The van der Waals surface area contributed by atoms with Crippen LogP contribution in [0.25, 0.3) is 0 Å². The number of rotatable bonds is 3. The molecule has 1 fully saturated rings. The van der Waals surface area contributed by atoms with Crippen molar-refractivity contribution in [3.8, 4) is 0 Å². The molecule has 2 atom stereocenters. The van der Waals surface area contributed by atoms with Gasteiger partial charge < -0.3 is 9.84 Å². The van der Waals surface area contributed by atoms with E-state index in [1.165, 1.54) is 12.7 Å². The van der Waals surface area contributed by atoms with Gasteiger partial charge in [-0.25, -0.2) is 0 Å². The van der Waals surface area contributed by atoms with Crippen LogP contribution in [0.2, 0.25) is 0 Å². The van der Waals surface area contributed by atoms with Crippen molar-refractivity contribution in [1.29, 1.82) is 0 Å². The molecule has 0 aliphatic carbocycles. The van der Waals surface area contributed by atoms with Crippen molar-refractivity contribution in [2.45, 2.75) is 31.5 Å². The minimum Gasteiger partial charge on any atom is -0.468 e. The second kappa shape index (κ2) is 5.98.